The number of fused-ring (bicyclic) bond motifs is 1. The summed E-state index contributed by atoms with van der Waals surface area (Å²) >= 11 is 6.14. The molecule has 3 heterocycles. The Labute approximate surface area is 169 Å². The van der Waals surface area contributed by atoms with Crippen molar-refractivity contribution in [2.24, 2.45) is 7.05 Å². The van der Waals surface area contributed by atoms with Crippen LogP contribution in [0.25, 0.3) is 28.1 Å². The molecule has 9 nitrogen and oxygen atoms in total. The number of ether oxygens (including phenoxy) is 1. The molecule has 3 aromatic heterocycles. The number of carbonyl (C=O) groups excluding carboxylic acids is 1. The number of methoxy groups -OCH3 is 1. The number of nitrogens with zero attached hydrogens (tertiary/aromatic N) is 6. The van der Waals surface area contributed by atoms with Crippen molar-refractivity contribution in [1.82, 2.24) is 34.2 Å². The molecule has 4 aromatic rings. The molecule has 0 saturated heterocycles. The minimum Gasteiger partial charge on any atom is -0.495 e. The number of amides is 1. The summed E-state index contributed by atoms with van der Waals surface area (Å²) in [6.07, 6.45) is 4.91. The van der Waals surface area contributed by atoms with Gasteiger partial charge in [-0.1, -0.05) is 11.6 Å². The van der Waals surface area contributed by atoms with Gasteiger partial charge in [-0.2, -0.15) is 0 Å². The Bertz CT molecular complexity index is 1230. The SMILES string of the molecule is COc1cc2c(-n3ccnc3)c(-c3nnc(C(=O)N(C)C)[nH]3)n(C)c2c(F)c1Cl. The topological polar surface area (TPSA) is 93.9 Å². The van der Waals surface area contributed by atoms with Gasteiger partial charge in [-0.05, 0) is 6.07 Å². The third-order valence-corrected chi connectivity index (χ3v) is 4.95. The minimum atomic E-state index is -0.625. The van der Waals surface area contributed by atoms with Gasteiger partial charge >= 0.3 is 0 Å². The Hall–Kier alpha value is -3.40. The van der Waals surface area contributed by atoms with Gasteiger partial charge in [-0.3, -0.25) is 4.79 Å². The molecule has 0 atom stereocenters. The number of aryl methyl sites for hydroxylation is 1. The van der Waals surface area contributed by atoms with Crippen LogP contribution in [0.5, 0.6) is 5.75 Å². The summed E-state index contributed by atoms with van der Waals surface area (Å²) in [6.45, 7) is 0. The lowest BCUT2D eigenvalue weighted by molar-refractivity contribution is 0.0816. The Morgan fingerprint density at radius 1 is 1.34 bits per heavy atom. The zero-order valence-electron chi connectivity index (χ0n) is 16.1. The summed E-state index contributed by atoms with van der Waals surface area (Å²) in [4.78, 5) is 20.6. The molecule has 11 heteroatoms. The maximum absolute atomic E-state index is 15.1. The number of H-pyrrole nitrogens is 1. The van der Waals surface area contributed by atoms with Gasteiger partial charge < -0.3 is 23.8 Å². The number of hydrogen-bond acceptors (Lipinski definition) is 5. The number of hydrogen-bond donors (Lipinski definition) is 1. The normalized spacial score (nSPS) is 11.2. The van der Waals surface area contributed by atoms with Crippen molar-refractivity contribution in [2.75, 3.05) is 21.2 Å². The van der Waals surface area contributed by atoms with Crippen LogP contribution in [0.1, 0.15) is 10.6 Å². The quantitative estimate of drug-likeness (QED) is 0.551. The molecule has 0 bridgehead atoms. The molecule has 0 aliphatic carbocycles. The number of nitrogens with one attached hydrogen (secondary N) is 1. The molecule has 0 fully saturated rings. The lowest BCUT2D eigenvalue weighted by Crippen LogP contribution is -2.22. The summed E-state index contributed by atoms with van der Waals surface area (Å²) in [7, 11) is 6.33. The van der Waals surface area contributed by atoms with Gasteiger partial charge in [0.15, 0.2) is 11.6 Å². The summed E-state index contributed by atoms with van der Waals surface area (Å²) < 4.78 is 23.7. The van der Waals surface area contributed by atoms with Crippen LogP contribution in [-0.4, -0.2) is 61.3 Å². The number of aromatic nitrogens is 6. The number of benzene rings is 1. The number of aromatic amines is 1. The average molecular weight is 418 g/mol. The molecular weight excluding hydrogens is 401 g/mol. The van der Waals surface area contributed by atoms with Crippen LogP contribution in [0.15, 0.2) is 24.8 Å². The second-order valence-electron chi connectivity index (χ2n) is 6.55. The molecule has 0 radical (unpaired) electrons. The van der Waals surface area contributed by atoms with Crippen LogP contribution in [0, 0.1) is 5.82 Å². The van der Waals surface area contributed by atoms with E-state index in [1.54, 1.807) is 55.1 Å². The van der Waals surface area contributed by atoms with Gasteiger partial charge in [0.05, 0.1) is 24.6 Å². The third kappa shape index (κ3) is 2.83. The van der Waals surface area contributed by atoms with Gasteiger partial charge in [0, 0.05) is 38.9 Å². The number of carbonyl (C=O) groups is 1. The highest BCUT2D eigenvalue weighted by atomic mass is 35.5. The molecule has 29 heavy (non-hydrogen) atoms. The van der Waals surface area contributed by atoms with E-state index in [1.807, 2.05) is 0 Å². The molecule has 1 N–H and O–H groups in total. The molecule has 0 aliphatic rings. The van der Waals surface area contributed by atoms with Crippen molar-refractivity contribution >= 4 is 28.4 Å². The summed E-state index contributed by atoms with van der Waals surface area (Å²) in [5, 5.41) is 8.48. The van der Waals surface area contributed by atoms with Crippen LogP contribution in [0.4, 0.5) is 4.39 Å². The third-order valence-electron chi connectivity index (χ3n) is 4.60. The molecular formula is C18H17ClFN7O2. The summed E-state index contributed by atoms with van der Waals surface area (Å²) in [5.41, 5.74) is 1.35. The Balaban J connectivity index is 2.07. The van der Waals surface area contributed by atoms with E-state index in [-0.39, 0.29) is 28.0 Å². The number of imidazole rings is 1. The number of rotatable bonds is 4. The van der Waals surface area contributed by atoms with E-state index in [9.17, 15) is 4.79 Å². The van der Waals surface area contributed by atoms with Crippen LogP contribution < -0.4 is 4.74 Å². The van der Waals surface area contributed by atoms with Crippen molar-refractivity contribution in [3.05, 3.63) is 41.5 Å². The van der Waals surface area contributed by atoms with Crippen molar-refractivity contribution in [3.63, 3.8) is 0 Å². The van der Waals surface area contributed by atoms with E-state index < -0.39 is 5.82 Å². The molecule has 0 saturated carbocycles. The van der Waals surface area contributed by atoms with Gasteiger partial charge in [0.25, 0.3) is 5.91 Å². The molecule has 0 unspecified atom stereocenters. The van der Waals surface area contributed by atoms with Crippen molar-refractivity contribution < 1.29 is 13.9 Å². The van der Waals surface area contributed by atoms with Gasteiger partial charge in [0.1, 0.15) is 16.5 Å². The van der Waals surface area contributed by atoms with E-state index in [0.29, 0.717) is 22.6 Å². The first-order valence-electron chi connectivity index (χ1n) is 8.52. The molecule has 150 valence electrons. The second kappa shape index (κ2) is 6.89. The van der Waals surface area contributed by atoms with Crippen LogP contribution >= 0.6 is 11.6 Å². The van der Waals surface area contributed by atoms with Crippen LogP contribution in [0.3, 0.4) is 0 Å². The zero-order valence-corrected chi connectivity index (χ0v) is 16.8. The Kier molecular flexibility index (Phi) is 4.50. The van der Waals surface area contributed by atoms with Gasteiger partial charge in [-0.15, -0.1) is 10.2 Å². The lowest BCUT2D eigenvalue weighted by Gasteiger charge is -2.07. The predicted octanol–water partition coefficient (Wildman–Crippen LogP) is 2.65. The van der Waals surface area contributed by atoms with Gasteiger partial charge in [-0.25, -0.2) is 9.37 Å². The highest BCUT2D eigenvalue weighted by Crippen LogP contribution is 2.41. The van der Waals surface area contributed by atoms with Crippen LogP contribution in [0.2, 0.25) is 5.02 Å². The second-order valence-corrected chi connectivity index (χ2v) is 6.93. The first-order valence-corrected chi connectivity index (χ1v) is 8.90. The maximum Gasteiger partial charge on any atom is 0.291 e. The zero-order chi connectivity index (χ0) is 20.9. The fraction of sp³-hybridized carbons (Fsp3) is 0.222. The fourth-order valence-corrected chi connectivity index (χ4v) is 3.47. The van der Waals surface area contributed by atoms with Crippen molar-refractivity contribution in [2.45, 2.75) is 0 Å². The summed E-state index contributed by atoms with van der Waals surface area (Å²) in [5.74, 6) is -0.380. The largest absolute Gasteiger partial charge is 0.495 e. The number of halogens is 2. The summed E-state index contributed by atoms with van der Waals surface area (Å²) in [6, 6.07) is 1.65. The van der Waals surface area contributed by atoms with E-state index in [0.717, 1.165) is 0 Å². The Morgan fingerprint density at radius 3 is 2.72 bits per heavy atom. The maximum atomic E-state index is 15.1. The van der Waals surface area contributed by atoms with E-state index in [1.165, 1.54) is 12.0 Å². The highest BCUT2D eigenvalue weighted by Gasteiger charge is 2.27. The first-order chi connectivity index (χ1) is 13.8. The average Bonchev–Trinajstić information content (AvgIpc) is 3.42. The van der Waals surface area contributed by atoms with Crippen LogP contribution in [-0.2, 0) is 7.05 Å². The predicted molar refractivity (Wildman–Crippen MR) is 105 cm³/mol. The van der Waals surface area contributed by atoms with Gasteiger partial charge in [0.2, 0.25) is 5.82 Å². The minimum absolute atomic E-state index is 0.0722. The monoisotopic (exact) mass is 417 g/mol. The van der Waals surface area contributed by atoms with E-state index >= 15 is 4.39 Å². The van der Waals surface area contributed by atoms with E-state index in [4.69, 9.17) is 16.3 Å². The smallest absolute Gasteiger partial charge is 0.291 e. The lowest BCUT2D eigenvalue weighted by atomic mass is 10.2. The first kappa shape index (κ1) is 18.9. The van der Waals surface area contributed by atoms with Crippen molar-refractivity contribution in [1.29, 1.82) is 0 Å². The molecule has 0 aliphatic heterocycles. The fourth-order valence-electron chi connectivity index (χ4n) is 3.25. The molecule has 4 rings (SSSR count). The van der Waals surface area contributed by atoms with Crippen molar-refractivity contribution in [3.8, 4) is 23.0 Å². The molecule has 0 spiro atoms. The molecule has 1 aromatic carbocycles. The molecule has 1 amide bonds. The standard InChI is InChI=1S/C18H17ClFN7O2/c1-25(2)18(28)17-22-16(23-24-17)15-14(27-6-5-21-8-27)9-7-10(29-4)11(19)12(20)13(9)26(15)3/h5-8H,1-4H3,(H,22,23,24). The highest BCUT2D eigenvalue weighted by molar-refractivity contribution is 6.33. The Morgan fingerprint density at radius 2 is 2.10 bits per heavy atom. The van der Waals surface area contributed by atoms with E-state index in [2.05, 4.69) is 20.2 Å².